The van der Waals surface area contributed by atoms with Crippen molar-refractivity contribution in [2.75, 3.05) is 19.6 Å². The smallest absolute Gasteiger partial charge is 0.0926 e. The van der Waals surface area contributed by atoms with E-state index >= 15 is 0 Å². The fraction of sp³-hybridized carbons (Fsp3) is 0.875. The third kappa shape index (κ3) is 4.79. The van der Waals surface area contributed by atoms with Gasteiger partial charge < -0.3 is 10.6 Å². The van der Waals surface area contributed by atoms with Gasteiger partial charge in [-0.15, -0.1) is 0 Å². The summed E-state index contributed by atoms with van der Waals surface area (Å²) in [6, 6.07) is 0. The molecule has 3 N–H and O–H groups in total. The third-order valence-corrected chi connectivity index (χ3v) is 1.65. The second kappa shape index (κ2) is 6.16. The Morgan fingerprint density at radius 1 is 1.45 bits per heavy atom. The van der Waals surface area contributed by atoms with Crippen LogP contribution in [0.4, 0.5) is 0 Å². The van der Waals surface area contributed by atoms with E-state index in [1.54, 1.807) is 0 Å². The van der Waals surface area contributed by atoms with Crippen molar-refractivity contribution in [3.8, 4) is 0 Å². The minimum absolute atomic E-state index is 0.629. The second-order valence-electron chi connectivity index (χ2n) is 2.71. The van der Waals surface area contributed by atoms with E-state index in [-0.39, 0.29) is 0 Å². The number of amidine groups is 1. The zero-order valence-electron chi connectivity index (χ0n) is 7.56. The van der Waals surface area contributed by atoms with Crippen LogP contribution >= 0.6 is 0 Å². The largest absolute Gasteiger partial charge is 0.360 e. The average molecular weight is 157 g/mol. The van der Waals surface area contributed by atoms with E-state index in [0.29, 0.717) is 12.4 Å². The Morgan fingerprint density at radius 2 is 2.09 bits per heavy atom. The molecule has 0 unspecified atom stereocenters. The normalized spacial score (nSPS) is 9.73. The first-order valence-corrected chi connectivity index (χ1v) is 4.22. The lowest BCUT2D eigenvalue weighted by Gasteiger charge is -2.21. The van der Waals surface area contributed by atoms with Gasteiger partial charge in [0, 0.05) is 19.6 Å². The van der Waals surface area contributed by atoms with Crippen molar-refractivity contribution < 1.29 is 0 Å². The molecule has 0 saturated heterocycles. The van der Waals surface area contributed by atoms with Crippen molar-refractivity contribution in [1.29, 1.82) is 5.41 Å². The summed E-state index contributed by atoms with van der Waals surface area (Å²) in [4.78, 5) is 2.02. The Balaban J connectivity index is 3.60. The van der Waals surface area contributed by atoms with Crippen LogP contribution in [0.3, 0.4) is 0 Å². The van der Waals surface area contributed by atoms with Crippen LogP contribution in [-0.2, 0) is 0 Å². The predicted molar refractivity (Wildman–Crippen MR) is 48.9 cm³/mol. The summed E-state index contributed by atoms with van der Waals surface area (Å²) < 4.78 is 0. The Morgan fingerprint density at radius 3 is 2.45 bits per heavy atom. The van der Waals surface area contributed by atoms with Crippen molar-refractivity contribution in [1.82, 2.24) is 4.90 Å². The van der Waals surface area contributed by atoms with Gasteiger partial charge in [-0.05, 0) is 13.3 Å². The molecular formula is C8H19N3. The maximum Gasteiger partial charge on any atom is 0.0926 e. The van der Waals surface area contributed by atoms with Crippen LogP contribution in [0.5, 0.6) is 0 Å². The lowest BCUT2D eigenvalue weighted by Crippen LogP contribution is -2.33. The monoisotopic (exact) mass is 157 g/mol. The molecule has 0 heterocycles. The van der Waals surface area contributed by atoms with E-state index in [2.05, 4.69) is 6.92 Å². The Labute approximate surface area is 69.1 Å². The van der Waals surface area contributed by atoms with Gasteiger partial charge in [-0.1, -0.05) is 13.3 Å². The van der Waals surface area contributed by atoms with E-state index in [9.17, 15) is 0 Å². The van der Waals surface area contributed by atoms with Crippen molar-refractivity contribution in [3.63, 3.8) is 0 Å². The van der Waals surface area contributed by atoms with Crippen LogP contribution < -0.4 is 5.73 Å². The molecule has 0 aromatic heterocycles. The molecular weight excluding hydrogens is 138 g/mol. The van der Waals surface area contributed by atoms with Crippen LogP contribution in [0.15, 0.2) is 0 Å². The topological polar surface area (TPSA) is 53.1 Å². The van der Waals surface area contributed by atoms with Gasteiger partial charge >= 0.3 is 0 Å². The highest BCUT2D eigenvalue weighted by atomic mass is 15.2. The van der Waals surface area contributed by atoms with Crippen molar-refractivity contribution in [2.24, 2.45) is 5.73 Å². The summed E-state index contributed by atoms with van der Waals surface area (Å²) in [6.45, 7) is 6.39. The molecule has 0 saturated carbocycles. The van der Waals surface area contributed by atoms with Gasteiger partial charge in [0.1, 0.15) is 0 Å². The van der Waals surface area contributed by atoms with Gasteiger partial charge in [0.2, 0.25) is 0 Å². The lowest BCUT2D eigenvalue weighted by atomic mass is 10.3. The molecule has 0 aliphatic heterocycles. The number of rotatable bonds is 5. The molecule has 11 heavy (non-hydrogen) atoms. The molecule has 0 aromatic rings. The van der Waals surface area contributed by atoms with E-state index < -0.39 is 0 Å². The zero-order chi connectivity index (χ0) is 8.69. The van der Waals surface area contributed by atoms with E-state index in [0.717, 1.165) is 19.5 Å². The molecule has 0 aromatic carbocycles. The van der Waals surface area contributed by atoms with E-state index in [1.165, 1.54) is 6.42 Å². The van der Waals surface area contributed by atoms with Gasteiger partial charge in [-0.2, -0.15) is 0 Å². The Kier molecular flexibility index (Phi) is 5.84. The van der Waals surface area contributed by atoms with Gasteiger partial charge in [-0.3, -0.25) is 5.41 Å². The number of hydrogen-bond donors (Lipinski definition) is 2. The minimum Gasteiger partial charge on any atom is -0.360 e. The summed E-state index contributed by atoms with van der Waals surface area (Å²) >= 11 is 0. The molecule has 3 heteroatoms. The maximum absolute atomic E-state index is 7.40. The highest BCUT2D eigenvalue weighted by molar-refractivity contribution is 5.76. The summed E-state index contributed by atoms with van der Waals surface area (Å²) in [7, 11) is 0. The molecule has 0 amide bonds. The molecule has 0 bridgehead atoms. The Hall–Kier alpha value is -0.570. The van der Waals surface area contributed by atoms with Gasteiger partial charge in [0.15, 0.2) is 0 Å². The number of unbranched alkanes of at least 4 members (excludes halogenated alkanes) is 1. The molecule has 0 atom stereocenters. The van der Waals surface area contributed by atoms with Gasteiger partial charge in [0.05, 0.1) is 5.84 Å². The summed E-state index contributed by atoms with van der Waals surface area (Å²) in [5.41, 5.74) is 5.40. The lowest BCUT2D eigenvalue weighted by molar-refractivity contribution is 0.412. The Bertz CT molecular complexity index is 112. The molecule has 0 rings (SSSR count). The molecule has 3 nitrogen and oxygen atoms in total. The summed E-state index contributed by atoms with van der Waals surface area (Å²) in [5, 5.41) is 7.40. The standard InChI is InChI=1S/C8H19N3/c1-3-4-6-11(7-5-9)8(2)10/h10H,3-7,9H2,1-2H3. The first kappa shape index (κ1) is 10.4. The van der Waals surface area contributed by atoms with Crippen LogP contribution in [0.1, 0.15) is 26.7 Å². The number of nitrogens with zero attached hydrogens (tertiary/aromatic N) is 1. The SMILES string of the molecule is CCCCN(CCN)C(C)=N. The molecule has 0 radical (unpaired) electrons. The van der Waals surface area contributed by atoms with Crippen LogP contribution in [0.2, 0.25) is 0 Å². The fourth-order valence-electron chi connectivity index (χ4n) is 0.952. The number of nitrogens with two attached hydrogens (primary N) is 1. The molecule has 0 spiro atoms. The van der Waals surface area contributed by atoms with E-state index in [4.69, 9.17) is 11.1 Å². The molecule has 0 aliphatic rings. The predicted octanol–water partition coefficient (Wildman–Crippen LogP) is 1.04. The van der Waals surface area contributed by atoms with Gasteiger partial charge in [-0.25, -0.2) is 0 Å². The maximum atomic E-state index is 7.40. The van der Waals surface area contributed by atoms with E-state index in [1.807, 2.05) is 11.8 Å². The van der Waals surface area contributed by atoms with Crippen LogP contribution in [0.25, 0.3) is 0 Å². The number of nitrogens with one attached hydrogen (secondary N) is 1. The van der Waals surface area contributed by atoms with Crippen LogP contribution in [-0.4, -0.2) is 30.4 Å². The highest BCUT2D eigenvalue weighted by Crippen LogP contribution is 1.94. The quantitative estimate of drug-likeness (QED) is 0.463. The average Bonchev–Trinajstić information content (AvgIpc) is 1.97. The summed E-state index contributed by atoms with van der Waals surface area (Å²) in [5.74, 6) is 0.629. The van der Waals surface area contributed by atoms with Crippen molar-refractivity contribution >= 4 is 5.84 Å². The molecule has 0 aliphatic carbocycles. The van der Waals surface area contributed by atoms with Crippen molar-refractivity contribution in [2.45, 2.75) is 26.7 Å². The second-order valence-corrected chi connectivity index (χ2v) is 2.71. The third-order valence-electron chi connectivity index (χ3n) is 1.65. The van der Waals surface area contributed by atoms with Gasteiger partial charge in [0.25, 0.3) is 0 Å². The first-order valence-electron chi connectivity index (χ1n) is 4.22. The van der Waals surface area contributed by atoms with Crippen LogP contribution in [0, 0.1) is 5.41 Å². The number of hydrogen-bond acceptors (Lipinski definition) is 2. The zero-order valence-corrected chi connectivity index (χ0v) is 7.56. The fourth-order valence-corrected chi connectivity index (χ4v) is 0.952. The molecule has 66 valence electrons. The minimum atomic E-state index is 0.629. The van der Waals surface area contributed by atoms with Crippen molar-refractivity contribution in [3.05, 3.63) is 0 Å². The summed E-state index contributed by atoms with van der Waals surface area (Å²) in [6.07, 6.45) is 2.32. The molecule has 0 fully saturated rings. The first-order chi connectivity index (χ1) is 5.22. The highest BCUT2D eigenvalue weighted by Gasteiger charge is 2.01.